The van der Waals surface area contributed by atoms with E-state index in [1.54, 1.807) is 6.07 Å². The zero-order valence-corrected chi connectivity index (χ0v) is 13.3. The highest BCUT2D eigenvalue weighted by atomic mass is 35.5. The van der Waals surface area contributed by atoms with Crippen LogP contribution in [0.2, 0.25) is 5.02 Å². The van der Waals surface area contributed by atoms with Gasteiger partial charge in [-0.2, -0.15) is 0 Å². The van der Waals surface area contributed by atoms with Gasteiger partial charge in [0.15, 0.2) is 11.6 Å². The first-order valence-corrected chi connectivity index (χ1v) is 7.85. The lowest BCUT2D eigenvalue weighted by Crippen LogP contribution is -2.29. The highest BCUT2D eigenvalue weighted by molar-refractivity contribution is 6.31. The predicted molar refractivity (Wildman–Crippen MR) is 87.3 cm³/mol. The summed E-state index contributed by atoms with van der Waals surface area (Å²) in [5.41, 5.74) is 1.95. The molecule has 0 bridgehead atoms. The monoisotopic (exact) mass is 323 g/mol. The van der Waals surface area contributed by atoms with Crippen molar-refractivity contribution in [2.45, 2.75) is 32.2 Å². The van der Waals surface area contributed by atoms with Crippen molar-refractivity contribution in [2.24, 2.45) is 0 Å². The van der Waals surface area contributed by atoms with Gasteiger partial charge in [-0.15, -0.1) is 0 Å². The molecule has 0 saturated heterocycles. The van der Waals surface area contributed by atoms with Gasteiger partial charge < -0.3 is 5.32 Å². The van der Waals surface area contributed by atoms with E-state index in [1.807, 2.05) is 31.2 Å². The Bertz CT molecular complexity index is 616. The molecule has 2 rings (SSSR count). The van der Waals surface area contributed by atoms with E-state index < -0.39 is 11.6 Å². The van der Waals surface area contributed by atoms with Gasteiger partial charge in [-0.3, -0.25) is 0 Å². The second kappa shape index (κ2) is 8.25. The van der Waals surface area contributed by atoms with Crippen LogP contribution in [0.1, 0.15) is 24.5 Å². The highest BCUT2D eigenvalue weighted by Crippen LogP contribution is 2.16. The summed E-state index contributed by atoms with van der Waals surface area (Å²) in [6, 6.07) is 12.1. The van der Waals surface area contributed by atoms with Crippen LogP contribution in [-0.4, -0.2) is 12.6 Å². The standard InChI is InChI=1S/C18H20ClF2N/c1-13(11-14-8-9-17(20)18(21)12-14)22-10-4-6-15-5-2-3-7-16(15)19/h2-3,5,7-9,12-13,22H,4,6,10-11H2,1H3. The summed E-state index contributed by atoms with van der Waals surface area (Å²) >= 11 is 6.11. The number of halogens is 3. The van der Waals surface area contributed by atoms with E-state index in [0.29, 0.717) is 6.42 Å². The minimum Gasteiger partial charge on any atom is -0.314 e. The van der Waals surface area contributed by atoms with E-state index in [-0.39, 0.29) is 6.04 Å². The van der Waals surface area contributed by atoms with Gasteiger partial charge in [0, 0.05) is 11.1 Å². The lowest BCUT2D eigenvalue weighted by molar-refractivity contribution is 0.501. The van der Waals surface area contributed by atoms with Gasteiger partial charge in [-0.05, 0) is 62.1 Å². The fraction of sp³-hybridized carbons (Fsp3) is 0.333. The van der Waals surface area contributed by atoms with Gasteiger partial charge in [0.1, 0.15) is 0 Å². The Kier molecular flexibility index (Phi) is 6.34. The molecule has 0 saturated carbocycles. The Morgan fingerprint density at radius 2 is 1.86 bits per heavy atom. The van der Waals surface area contributed by atoms with Gasteiger partial charge in [0.2, 0.25) is 0 Å². The maximum Gasteiger partial charge on any atom is 0.159 e. The van der Waals surface area contributed by atoms with E-state index in [4.69, 9.17) is 11.6 Å². The van der Waals surface area contributed by atoms with Crippen LogP contribution in [0.3, 0.4) is 0 Å². The molecular weight excluding hydrogens is 304 g/mol. The molecule has 0 aliphatic rings. The smallest absolute Gasteiger partial charge is 0.159 e. The van der Waals surface area contributed by atoms with E-state index >= 15 is 0 Å². The van der Waals surface area contributed by atoms with Crippen molar-refractivity contribution in [1.82, 2.24) is 5.32 Å². The molecule has 0 aliphatic heterocycles. The lowest BCUT2D eigenvalue weighted by Gasteiger charge is -2.14. The van der Waals surface area contributed by atoms with Crippen LogP contribution in [0, 0.1) is 11.6 Å². The van der Waals surface area contributed by atoms with Gasteiger partial charge in [-0.1, -0.05) is 35.9 Å². The van der Waals surface area contributed by atoms with Gasteiger partial charge in [0.05, 0.1) is 0 Å². The van der Waals surface area contributed by atoms with Gasteiger partial charge >= 0.3 is 0 Å². The van der Waals surface area contributed by atoms with Crippen LogP contribution in [-0.2, 0) is 12.8 Å². The zero-order chi connectivity index (χ0) is 15.9. The topological polar surface area (TPSA) is 12.0 Å². The summed E-state index contributed by atoms with van der Waals surface area (Å²) in [6.45, 7) is 2.90. The second-order valence-electron chi connectivity index (χ2n) is 5.50. The largest absolute Gasteiger partial charge is 0.314 e. The lowest BCUT2D eigenvalue weighted by atomic mass is 10.1. The van der Waals surface area contributed by atoms with Crippen molar-refractivity contribution >= 4 is 11.6 Å². The number of hydrogen-bond acceptors (Lipinski definition) is 1. The summed E-state index contributed by atoms with van der Waals surface area (Å²) in [5.74, 6) is -1.59. The fourth-order valence-corrected chi connectivity index (χ4v) is 2.65. The first-order valence-electron chi connectivity index (χ1n) is 7.47. The molecular formula is C18H20ClF2N. The zero-order valence-electron chi connectivity index (χ0n) is 12.6. The van der Waals surface area contributed by atoms with E-state index in [1.165, 1.54) is 12.1 Å². The van der Waals surface area contributed by atoms with Crippen molar-refractivity contribution in [1.29, 1.82) is 0 Å². The molecule has 0 aromatic heterocycles. The third-order valence-corrected chi connectivity index (χ3v) is 3.97. The SMILES string of the molecule is CC(Cc1ccc(F)c(F)c1)NCCCc1ccccc1Cl. The van der Waals surface area contributed by atoms with Crippen LogP contribution in [0.25, 0.3) is 0 Å². The molecule has 118 valence electrons. The third-order valence-electron chi connectivity index (χ3n) is 3.60. The molecule has 1 atom stereocenters. The highest BCUT2D eigenvalue weighted by Gasteiger charge is 2.07. The summed E-state index contributed by atoms with van der Waals surface area (Å²) in [6.07, 6.45) is 2.57. The van der Waals surface area contributed by atoms with E-state index in [9.17, 15) is 8.78 Å². The molecule has 0 aliphatic carbocycles. The van der Waals surface area contributed by atoms with Crippen LogP contribution < -0.4 is 5.32 Å². The second-order valence-corrected chi connectivity index (χ2v) is 5.91. The first-order chi connectivity index (χ1) is 10.6. The minimum absolute atomic E-state index is 0.205. The van der Waals surface area contributed by atoms with Crippen LogP contribution in [0.4, 0.5) is 8.78 Å². The Labute approximate surface area is 135 Å². The average Bonchev–Trinajstić information content (AvgIpc) is 2.49. The summed E-state index contributed by atoms with van der Waals surface area (Å²) in [7, 11) is 0. The number of nitrogens with one attached hydrogen (secondary N) is 1. The molecule has 0 spiro atoms. The quantitative estimate of drug-likeness (QED) is 0.724. The Morgan fingerprint density at radius 1 is 1.09 bits per heavy atom. The Balaban J connectivity index is 1.72. The molecule has 2 aromatic carbocycles. The van der Waals surface area contributed by atoms with Crippen molar-refractivity contribution in [3.05, 3.63) is 70.2 Å². The number of aryl methyl sites for hydroxylation is 1. The molecule has 0 amide bonds. The molecule has 1 nitrogen and oxygen atoms in total. The maximum absolute atomic E-state index is 13.2. The molecule has 0 radical (unpaired) electrons. The number of benzene rings is 2. The third kappa shape index (κ3) is 5.08. The summed E-state index contributed by atoms with van der Waals surface area (Å²) < 4.78 is 26.0. The number of hydrogen-bond donors (Lipinski definition) is 1. The molecule has 4 heteroatoms. The van der Waals surface area contributed by atoms with Crippen molar-refractivity contribution < 1.29 is 8.78 Å². The van der Waals surface area contributed by atoms with Gasteiger partial charge in [0.25, 0.3) is 0 Å². The van der Waals surface area contributed by atoms with Crippen LogP contribution >= 0.6 is 11.6 Å². The molecule has 2 aromatic rings. The first kappa shape index (κ1) is 16.9. The maximum atomic E-state index is 13.2. The normalized spacial score (nSPS) is 12.4. The van der Waals surface area contributed by atoms with E-state index in [2.05, 4.69) is 5.32 Å². The Morgan fingerprint density at radius 3 is 2.59 bits per heavy atom. The fourth-order valence-electron chi connectivity index (χ4n) is 2.42. The molecule has 0 heterocycles. The summed E-state index contributed by atoms with van der Waals surface area (Å²) in [4.78, 5) is 0. The van der Waals surface area contributed by atoms with Crippen molar-refractivity contribution in [3.63, 3.8) is 0 Å². The van der Waals surface area contributed by atoms with Crippen molar-refractivity contribution in [2.75, 3.05) is 6.54 Å². The van der Waals surface area contributed by atoms with Crippen molar-refractivity contribution in [3.8, 4) is 0 Å². The average molecular weight is 324 g/mol. The summed E-state index contributed by atoms with van der Waals surface area (Å²) in [5, 5.41) is 4.20. The Hall–Kier alpha value is -1.45. The molecule has 1 unspecified atom stereocenters. The molecule has 1 N–H and O–H groups in total. The van der Waals surface area contributed by atoms with Crippen LogP contribution in [0.5, 0.6) is 0 Å². The predicted octanol–water partition coefficient (Wildman–Crippen LogP) is 4.77. The molecule has 22 heavy (non-hydrogen) atoms. The van der Waals surface area contributed by atoms with Gasteiger partial charge in [-0.25, -0.2) is 8.78 Å². The minimum atomic E-state index is -0.802. The van der Waals surface area contributed by atoms with Crippen LogP contribution in [0.15, 0.2) is 42.5 Å². The number of rotatable bonds is 7. The molecule has 0 fully saturated rings. The van der Waals surface area contributed by atoms with E-state index in [0.717, 1.165) is 35.5 Å².